The Morgan fingerprint density at radius 2 is 2.00 bits per heavy atom. The number of aromatic nitrogens is 3. The van der Waals surface area contributed by atoms with E-state index in [-0.39, 0.29) is 11.7 Å². The van der Waals surface area contributed by atoms with Gasteiger partial charge in [-0.2, -0.15) is 0 Å². The number of anilines is 1. The summed E-state index contributed by atoms with van der Waals surface area (Å²) in [5, 5.41) is 15.5. The van der Waals surface area contributed by atoms with Crippen molar-refractivity contribution in [1.82, 2.24) is 15.2 Å². The molecule has 4 aromatic rings. The zero-order valence-electron chi connectivity index (χ0n) is 14.4. The minimum Gasteiger partial charge on any atom is -0.412 e. The number of carbonyl (C=O) groups is 1. The van der Waals surface area contributed by atoms with Gasteiger partial charge in [0.2, 0.25) is 11.8 Å². The molecule has 0 unspecified atom stereocenters. The summed E-state index contributed by atoms with van der Waals surface area (Å²) < 4.78 is 5.51. The highest BCUT2D eigenvalue weighted by Crippen LogP contribution is 2.25. The molecule has 140 valence electrons. The first kappa shape index (κ1) is 18.6. The van der Waals surface area contributed by atoms with Crippen molar-refractivity contribution < 1.29 is 9.21 Å². The quantitative estimate of drug-likeness (QED) is 0.411. The van der Waals surface area contributed by atoms with Crippen LogP contribution in [0.4, 0.5) is 5.13 Å². The van der Waals surface area contributed by atoms with Gasteiger partial charge in [0.15, 0.2) is 5.13 Å². The largest absolute Gasteiger partial charge is 0.412 e. The molecule has 0 spiro atoms. The number of rotatable bonds is 7. The number of benzene rings is 1. The highest BCUT2D eigenvalue weighted by Gasteiger charge is 2.11. The van der Waals surface area contributed by atoms with Crippen molar-refractivity contribution in [3.63, 3.8) is 0 Å². The molecule has 1 amide bonds. The van der Waals surface area contributed by atoms with Crippen LogP contribution in [0.25, 0.3) is 23.4 Å². The Hall–Kier alpha value is -2.75. The SMILES string of the molecule is O=C(CSc1nnc(/C=C/c2cccs2)o1)Nc1nc(-c2ccccc2)cs1. The molecule has 0 saturated heterocycles. The van der Waals surface area contributed by atoms with Crippen LogP contribution in [0.2, 0.25) is 0 Å². The van der Waals surface area contributed by atoms with Gasteiger partial charge in [0.05, 0.1) is 11.4 Å². The fraction of sp³-hybridized carbons (Fsp3) is 0.0526. The molecule has 1 N–H and O–H groups in total. The molecule has 0 aliphatic carbocycles. The summed E-state index contributed by atoms with van der Waals surface area (Å²) >= 11 is 4.20. The van der Waals surface area contributed by atoms with Crippen molar-refractivity contribution >= 4 is 57.6 Å². The molecule has 0 bridgehead atoms. The molecule has 0 atom stereocenters. The van der Waals surface area contributed by atoms with E-state index in [0.717, 1.165) is 16.1 Å². The lowest BCUT2D eigenvalue weighted by Gasteiger charge is -1.99. The van der Waals surface area contributed by atoms with Crippen LogP contribution in [0, 0.1) is 0 Å². The Morgan fingerprint density at radius 3 is 2.82 bits per heavy atom. The number of nitrogens with one attached hydrogen (secondary N) is 1. The average Bonchev–Trinajstić information content (AvgIpc) is 3.47. The van der Waals surface area contributed by atoms with Gasteiger partial charge in [0, 0.05) is 21.9 Å². The summed E-state index contributed by atoms with van der Waals surface area (Å²) in [6, 6.07) is 13.8. The van der Waals surface area contributed by atoms with E-state index in [9.17, 15) is 4.79 Å². The van der Waals surface area contributed by atoms with Gasteiger partial charge >= 0.3 is 0 Å². The van der Waals surface area contributed by atoms with E-state index in [0.29, 0.717) is 16.2 Å². The van der Waals surface area contributed by atoms with Gasteiger partial charge in [0.25, 0.3) is 5.22 Å². The fourth-order valence-electron chi connectivity index (χ4n) is 2.24. The lowest BCUT2D eigenvalue weighted by Crippen LogP contribution is -2.13. The lowest BCUT2D eigenvalue weighted by atomic mass is 10.2. The van der Waals surface area contributed by atoms with Gasteiger partial charge in [-0.05, 0) is 17.5 Å². The second-order valence-corrected chi connectivity index (χ2v) is 8.26. The highest BCUT2D eigenvalue weighted by molar-refractivity contribution is 7.99. The number of thiazole rings is 1. The van der Waals surface area contributed by atoms with Gasteiger partial charge in [-0.3, -0.25) is 4.79 Å². The molecular weight excluding hydrogens is 412 g/mol. The number of thiophene rings is 1. The molecule has 4 rings (SSSR count). The predicted octanol–water partition coefficient (Wildman–Crippen LogP) is 5.16. The van der Waals surface area contributed by atoms with E-state index >= 15 is 0 Å². The molecule has 0 saturated carbocycles. The Morgan fingerprint density at radius 1 is 1.11 bits per heavy atom. The second kappa shape index (κ2) is 8.96. The molecule has 0 aliphatic heterocycles. The van der Waals surface area contributed by atoms with Gasteiger partial charge < -0.3 is 9.73 Å². The number of hydrogen-bond acceptors (Lipinski definition) is 8. The van der Waals surface area contributed by atoms with Crippen molar-refractivity contribution in [1.29, 1.82) is 0 Å². The predicted molar refractivity (Wildman–Crippen MR) is 114 cm³/mol. The van der Waals surface area contributed by atoms with Crippen LogP contribution in [0.15, 0.2) is 62.9 Å². The van der Waals surface area contributed by atoms with Crippen molar-refractivity contribution in [2.75, 3.05) is 11.1 Å². The molecule has 28 heavy (non-hydrogen) atoms. The maximum absolute atomic E-state index is 12.2. The third-order valence-electron chi connectivity index (χ3n) is 3.50. The van der Waals surface area contributed by atoms with Gasteiger partial charge in [-0.1, -0.05) is 48.2 Å². The van der Waals surface area contributed by atoms with Crippen LogP contribution in [0.1, 0.15) is 10.8 Å². The number of carbonyl (C=O) groups excluding carboxylic acids is 1. The topological polar surface area (TPSA) is 80.9 Å². The van der Waals surface area contributed by atoms with Gasteiger partial charge in [-0.25, -0.2) is 4.98 Å². The Bertz CT molecular complexity index is 1070. The van der Waals surface area contributed by atoms with E-state index in [1.165, 1.54) is 23.1 Å². The normalized spacial score (nSPS) is 11.1. The summed E-state index contributed by atoms with van der Waals surface area (Å²) in [6.45, 7) is 0. The Labute approximate surface area is 173 Å². The monoisotopic (exact) mass is 426 g/mol. The van der Waals surface area contributed by atoms with Crippen molar-refractivity contribution in [2.45, 2.75) is 5.22 Å². The molecule has 0 radical (unpaired) electrons. The Balaban J connectivity index is 1.29. The van der Waals surface area contributed by atoms with Gasteiger partial charge in [0.1, 0.15) is 0 Å². The van der Waals surface area contributed by atoms with Crippen molar-refractivity contribution in [3.05, 3.63) is 64.0 Å². The first-order valence-corrected chi connectivity index (χ1v) is 11.0. The van der Waals surface area contributed by atoms with Gasteiger partial charge in [-0.15, -0.1) is 32.9 Å². The maximum Gasteiger partial charge on any atom is 0.277 e. The number of amides is 1. The first-order chi connectivity index (χ1) is 13.8. The van der Waals surface area contributed by atoms with Crippen molar-refractivity contribution in [3.8, 4) is 11.3 Å². The van der Waals surface area contributed by atoms with E-state index in [1.807, 2.05) is 59.3 Å². The van der Waals surface area contributed by atoms with E-state index < -0.39 is 0 Å². The second-order valence-electron chi connectivity index (χ2n) is 5.50. The summed E-state index contributed by atoms with van der Waals surface area (Å²) in [6.07, 6.45) is 3.66. The molecule has 0 aliphatic rings. The van der Waals surface area contributed by atoms with Crippen LogP contribution < -0.4 is 5.32 Å². The van der Waals surface area contributed by atoms with Crippen LogP contribution >= 0.6 is 34.4 Å². The zero-order valence-corrected chi connectivity index (χ0v) is 16.9. The average molecular weight is 427 g/mol. The maximum atomic E-state index is 12.2. The Kier molecular flexibility index (Phi) is 5.95. The number of hydrogen-bond donors (Lipinski definition) is 1. The molecule has 1 aromatic carbocycles. The third-order valence-corrected chi connectivity index (χ3v) is 5.92. The van der Waals surface area contributed by atoms with Crippen LogP contribution in [-0.4, -0.2) is 26.8 Å². The van der Waals surface area contributed by atoms with Crippen molar-refractivity contribution in [2.24, 2.45) is 0 Å². The summed E-state index contributed by atoms with van der Waals surface area (Å²) in [5.74, 6) is 0.396. The van der Waals surface area contributed by atoms with E-state index in [1.54, 1.807) is 17.4 Å². The smallest absolute Gasteiger partial charge is 0.277 e. The molecule has 0 fully saturated rings. The third kappa shape index (κ3) is 4.94. The first-order valence-electron chi connectivity index (χ1n) is 8.25. The van der Waals surface area contributed by atoms with E-state index in [2.05, 4.69) is 20.5 Å². The number of thioether (sulfide) groups is 1. The standard InChI is InChI=1S/C19H14N4O2S3/c24-16(21-18-20-15(11-27-18)13-5-2-1-3-6-13)12-28-19-23-22-17(25-19)9-8-14-7-4-10-26-14/h1-11H,12H2,(H,20,21,24)/b9-8+. The van der Waals surface area contributed by atoms with E-state index in [4.69, 9.17) is 4.42 Å². The fourth-order valence-corrected chi connectivity index (χ4v) is 4.16. The summed E-state index contributed by atoms with van der Waals surface area (Å²) in [5.41, 5.74) is 1.86. The molecule has 6 nitrogen and oxygen atoms in total. The molecule has 9 heteroatoms. The zero-order chi connectivity index (χ0) is 19.2. The van der Waals surface area contributed by atoms with Crippen LogP contribution in [0.3, 0.4) is 0 Å². The molecular formula is C19H14N4O2S3. The van der Waals surface area contributed by atoms with Crippen LogP contribution in [-0.2, 0) is 4.79 Å². The minimum absolute atomic E-state index is 0.163. The highest BCUT2D eigenvalue weighted by atomic mass is 32.2. The summed E-state index contributed by atoms with van der Waals surface area (Å²) in [7, 11) is 0. The molecule has 3 heterocycles. The number of nitrogens with zero attached hydrogens (tertiary/aromatic N) is 3. The van der Waals surface area contributed by atoms with Crippen LogP contribution in [0.5, 0.6) is 0 Å². The lowest BCUT2D eigenvalue weighted by molar-refractivity contribution is -0.113. The summed E-state index contributed by atoms with van der Waals surface area (Å²) in [4.78, 5) is 17.7. The minimum atomic E-state index is -0.173. The molecule has 3 aromatic heterocycles.